The second-order valence-corrected chi connectivity index (χ2v) is 3.76. The Hall–Kier alpha value is -2.02. The van der Waals surface area contributed by atoms with E-state index in [1.165, 1.54) is 6.07 Å². The Labute approximate surface area is 94.5 Å². The molecule has 0 aliphatic heterocycles. The van der Waals surface area contributed by atoms with Crippen molar-refractivity contribution in [3.63, 3.8) is 0 Å². The smallest absolute Gasteiger partial charge is 0.255 e. The normalized spacial score (nSPS) is 11.6. The van der Waals surface area contributed by atoms with Crippen LogP contribution in [0, 0.1) is 24.2 Å². The van der Waals surface area contributed by atoms with E-state index in [1.54, 1.807) is 19.1 Å². The molecule has 16 heavy (non-hydrogen) atoms. The fourth-order valence-corrected chi connectivity index (χ4v) is 1.22. The molecule has 0 radical (unpaired) electrons. The largest absolute Gasteiger partial charge is 0.507 e. The highest BCUT2D eigenvalue weighted by Gasteiger charge is 2.11. The Morgan fingerprint density at radius 2 is 2.31 bits per heavy atom. The van der Waals surface area contributed by atoms with Crippen LogP contribution in [0.15, 0.2) is 18.2 Å². The number of carbonyl (C=O) groups excluding carboxylic acids is 1. The molecule has 0 aliphatic carbocycles. The molecule has 0 saturated heterocycles. The van der Waals surface area contributed by atoms with E-state index in [0.29, 0.717) is 0 Å². The summed E-state index contributed by atoms with van der Waals surface area (Å²) in [5, 5.41) is 20.7. The van der Waals surface area contributed by atoms with Gasteiger partial charge in [-0.25, -0.2) is 0 Å². The molecule has 84 valence electrons. The lowest BCUT2D eigenvalue weighted by Crippen LogP contribution is -2.27. The standard InChI is InChI=1S/C12H14N2O2/c1-8-3-4-10(11(15)5-8)12(16)14-7-9(2)6-13/h3-5,9,15H,7H2,1-2H3,(H,14,16). The molecule has 4 heteroatoms. The minimum atomic E-state index is -0.361. The van der Waals surface area contributed by atoms with Crippen LogP contribution in [0.1, 0.15) is 22.8 Å². The molecule has 2 N–H and O–H groups in total. The maximum absolute atomic E-state index is 11.6. The van der Waals surface area contributed by atoms with Crippen molar-refractivity contribution in [3.05, 3.63) is 29.3 Å². The number of phenolic OH excluding ortho intramolecular Hbond substituents is 1. The van der Waals surface area contributed by atoms with Crippen molar-refractivity contribution in [2.75, 3.05) is 6.54 Å². The van der Waals surface area contributed by atoms with Crippen LogP contribution < -0.4 is 5.32 Å². The van der Waals surface area contributed by atoms with Crippen LogP contribution in [-0.4, -0.2) is 17.6 Å². The van der Waals surface area contributed by atoms with E-state index in [4.69, 9.17) is 5.26 Å². The first-order valence-electron chi connectivity index (χ1n) is 5.02. The Balaban J connectivity index is 2.71. The molecule has 1 amide bonds. The zero-order valence-corrected chi connectivity index (χ0v) is 9.32. The van der Waals surface area contributed by atoms with Gasteiger partial charge in [0.05, 0.1) is 17.6 Å². The highest BCUT2D eigenvalue weighted by Crippen LogP contribution is 2.18. The summed E-state index contributed by atoms with van der Waals surface area (Å²) in [5.74, 6) is -0.641. The van der Waals surface area contributed by atoms with E-state index in [-0.39, 0.29) is 29.7 Å². The molecule has 1 rings (SSSR count). The third kappa shape index (κ3) is 2.99. The molecule has 1 atom stereocenters. The first kappa shape index (κ1) is 12.1. The molecule has 1 aromatic carbocycles. The van der Waals surface area contributed by atoms with E-state index in [9.17, 15) is 9.90 Å². The number of aromatic hydroxyl groups is 1. The SMILES string of the molecule is Cc1ccc(C(=O)NCC(C)C#N)c(O)c1. The summed E-state index contributed by atoms with van der Waals surface area (Å²) in [6, 6.07) is 6.87. The molecule has 0 bridgehead atoms. The Morgan fingerprint density at radius 1 is 1.62 bits per heavy atom. The summed E-state index contributed by atoms with van der Waals surface area (Å²) < 4.78 is 0. The number of aryl methyl sites for hydroxylation is 1. The van der Waals surface area contributed by atoms with E-state index in [1.807, 2.05) is 13.0 Å². The quantitative estimate of drug-likeness (QED) is 0.809. The zero-order valence-electron chi connectivity index (χ0n) is 9.32. The molecule has 0 heterocycles. The first-order chi connectivity index (χ1) is 7.54. The van der Waals surface area contributed by atoms with Gasteiger partial charge in [0, 0.05) is 6.54 Å². The van der Waals surface area contributed by atoms with Crippen molar-refractivity contribution >= 4 is 5.91 Å². The first-order valence-corrected chi connectivity index (χ1v) is 5.02. The van der Waals surface area contributed by atoms with Crippen molar-refractivity contribution < 1.29 is 9.90 Å². The summed E-state index contributed by atoms with van der Waals surface area (Å²) in [7, 11) is 0. The average molecular weight is 218 g/mol. The number of nitrogens with one attached hydrogen (secondary N) is 1. The van der Waals surface area contributed by atoms with Crippen LogP contribution >= 0.6 is 0 Å². The van der Waals surface area contributed by atoms with Crippen molar-refractivity contribution in [2.45, 2.75) is 13.8 Å². The summed E-state index contributed by atoms with van der Waals surface area (Å²) in [4.78, 5) is 11.6. The van der Waals surface area contributed by atoms with Gasteiger partial charge in [-0.3, -0.25) is 4.79 Å². The van der Waals surface area contributed by atoms with E-state index < -0.39 is 0 Å². The lowest BCUT2D eigenvalue weighted by Gasteiger charge is -2.08. The number of rotatable bonds is 3. The number of hydrogen-bond donors (Lipinski definition) is 2. The molecular formula is C12H14N2O2. The molecule has 0 aliphatic rings. The minimum Gasteiger partial charge on any atom is -0.507 e. The zero-order chi connectivity index (χ0) is 12.1. The lowest BCUT2D eigenvalue weighted by molar-refractivity contribution is 0.0948. The summed E-state index contributed by atoms with van der Waals surface area (Å²) >= 11 is 0. The number of carbonyl (C=O) groups is 1. The molecule has 0 spiro atoms. The maximum Gasteiger partial charge on any atom is 0.255 e. The van der Waals surface area contributed by atoms with Gasteiger partial charge in [0.15, 0.2) is 0 Å². The Bertz CT molecular complexity index is 435. The van der Waals surface area contributed by atoms with Crippen molar-refractivity contribution in [1.29, 1.82) is 5.26 Å². The summed E-state index contributed by atoms with van der Waals surface area (Å²) in [6.07, 6.45) is 0. The van der Waals surface area contributed by atoms with Gasteiger partial charge in [0.25, 0.3) is 5.91 Å². The molecular weight excluding hydrogens is 204 g/mol. The summed E-state index contributed by atoms with van der Waals surface area (Å²) in [5.41, 5.74) is 1.12. The Kier molecular flexibility index (Phi) is 3.90. The molecule has 0 saturated carbocycles. The third-order valence-corrected chi connectivity index (χ3v) is 2.19. The van der Waals surface area contributed by atoms with Crippen molar-refractivity contribution in [1.82, 2.24) is 5.32 Å². The van der Waals surface area contributed by atoms with Gasteiger partial charge in [-0.15, -0.1) is 0 Å². The molecule has 4 nitrogen and oxygen atoms in total. The topological polar surface area (TPSA) is 73.1 Å². The van der Waals surface area contributed by atoms with E-state index in [2.05, 4.69) is 5.32 Å². The number of nitriles is 1. The lowest BCUT2D eigenvalue weighted by atomic mass is 10.1. The van der Waals surface area contributed by atoms with Crippen LogP contribution in [0.3, 0.4) is 0 Å². The van der Waals surface area contributed by atoms with Crippen LogP contribution in [0.4, 0.5) is 0 Å². The van der Waals surface area contributed by atoms with Crippen LogP contribution in [0.25, 0.3) is 0 Å². The predicted molar refractivity (Wildman–Crippen MR) is 60.0 cm³/mol. The van der Waals surface area contributed by atoms with Gasteiger partial charge in [-0.05, 0) is 31.5 Å². The molecule has 1 aromatic rings. The number of phenols is 1. The highest BCUT2D eigenvalue weighted by atomic mass is 16.3. The van der Waals surface area contributed by atoms with Crippen molar-refractivity contribution in [3.8, 4) is 11.8 Å². The fourth-order valence-electron chi connectivity index (χ4n) is 1.22. The van der Waals surface area contributed by atoms with Crippen molar-refractivity contribution in [2.24, 2.45) is 5.92 Å². The number of hydrogen-bond acceptors (Lipinski definition) is 3. The van der Waals surface area contributed by atoms with Gasteiger partial charge >= 0.3 is 0 Å². The highest BCUT2D eigenvalue weighted by molar-refractivity contribution is 5.96. The van der Waals surface area contributed by atoms with Gasteiger partial charge in [-0.1, -0.05) is 6.07 Å². The van der Waals surface area contributed by atoms with Gasteiger partial charge in [-0.2, -0.15) is 5.26 Å². The predicted octanol–water partition coefficient (Wildman–Crippen LogP) is 1.59. The van der Waals surface area contributed by atoms with E-state index in [0.717, 1.165) is 5.56 Å². The van der Waals surface area contributed by atoms with Crippen LogP contribution in [0.5, 0.6) is 5.75 Å². The molecule has 0 fully saturated rings. The third-order valence-electron chi connectivity index (χ3n) is 2.19. The van der Waals surface area contributed by atoms with Crippen LogP contribution in [0.2, 0.25) is 0 Å². The fraction of sp³-hybridized carbons (Fsp3) is 0.333. The second-order valence-electron chi connectivity index (χ2n) is 3.76. The van der Waals surface area contributed by atoms with Gasteiger partial charge in [0.1, 0.15) is 5.75 Å². The minimum absolute atomic E-state index is 0.0397. The number of amides is 1. The molecule has 0 aromatic heterocycles. The number of benzene rings is 1. The monoisotopic (exact) mass is 218 g/mol. The summed E-state index contributed by atoms with van der Waals surface area (Å²) in [6.45, 7) is 3.83. The maximum atomic E-state index is 11.6. The second kappa shape index (κ2) is 5.17. The molecule has 1 unspecified atom stereocenters. The van der Waals surface area contributed by atoms with Gasteiger partial charge < -0.3 is 10.4 Å². The average Bonchev–Trinajstić information content (AvgIpc) is 2.25. The Morgan fingerprint density at radius 3 is 2.88 bits per heavy atom. The van der Waals surface area contributed by atoms with Crippen LogP contribution in [-0.2, 0) is 0 Å². The number of nitrogens with zero attached hydrogens (tertiary/aromatic N) is 1. The van der Waals surface area contributed by atoms with E-state index >= 15 is 0 Å². The van der Waals surface area contributed by atoms with Gasteiger partial charge in [0.2, 0.25) is 0 Å².